The Bertz CT molecular complexity index is 651. The Hall–Kier alpha value is -3.09. The predicted molar refractivity (Wildman–Crippen MR) is 77.0 cm³/mol. The van der Waals surface area contributed by atoms with Crippen LogP contribution in [0, 0.1) is 10.1 Å². The van der Waals surface area contributed by atoms with Gasteiger partial charge in [0.2, 0.25) is 0 Å². The lowest BCUT2D eigenvalue weighted by Crippen LogP contribution is -2.12. The molecule has 0 aromatic heterocycles. The fourth-order valence-electron chi connectivity index (χ4n) is 1.61. The van der Waals surface area contributed by atoms with Gasteiger partial charge in [0, 0.05) is 12.1 Å². The second-order valence-corrected chi connectivity index (χ2v) is 4.32. The van der Waals surface area contributed by atoms with Gasteiger partial charge in [-0.2, -0.15) is 0 Å². The minimum atomic E-state index is -0.531. The summed E-state index contributed by atoms with van der Waals surface area (Å²) in [5, 5.41) is 19.6. The third kappa shape index (κ3) is 4.48. The van der Waals surface area contributed by atoms with Gasteiger partial charge in [-0.15, -0.1) is 0 Å². The fourth-order valence-corrected chi connectivity index (χ4v) is 1.61. The van der Waals surface area contributed by atoms with Gasteiger partial charge in [0.1, 0.15) is 17.2 Å². The molecule has 7 heteroatoms. The number of aromatic hydroxyl groups is 1. The first-order valence-corrected chi connectivity index (χ1v) is 6.41. The SMILES string of the molecule is O=C(CCOc1ccc(O)cc1)Oc1ccc([N+](=O)[O-])cc1. The average molecular weight is 303 g/mol. The Morgan fingerprint density at radius 2 is 1.64 bits per heavy atom. The highest BCUT2D eigenvalue weighted by molar-refractivity contribution is 5.72. The predicted octanol–water partition coefficient (Wildman–Crippen LogP) is 2.67. The highest BCUT2D eigenvalue weighted by Gasteiger charge is 2.08. The third-order valence-electron chi connectivity index (χ3n) is 2.69. The zero-order valence-electron chi connectivity index (χ0n) is 11.5. The van der Waals surface area contributed by atoms with Crippen molar-refractivity contribution in [1.29, 1.82) is 0 Å². The summed E-state index contributed by atoms with van der Waals surface area (Å²) in [6.07, 6.45) is 0.0257. The molecule has 0 amide bonds. The van der Waals surface area contributed by atoms with E-state index in [4.69, 9.17) is 14.6 Å². The summed E-state index contributed by atoms with van der Waals surface area (Å²) >= 11 is 0. The number of nitrogens with zero attached hydrogens (tertiary/aromatic N) is 1. The van der Waals surface area contributed by atoms with Crippen LogP contribution in [0.4, 0.5) is 5.69 Å². The number of nitro groups is 1. The topological polar surface area (TPSA) is 98.9 Å². The van der Waals surface area contributed by atoms with Crippen molar-refractivity contribution < 1.29 is 24.3 Å². The number of carbonyl (C=O) groups excluding carboxylic acids is 1. The van der Waals surface area contributed by atoms with Gasteiger partial charge < -0.3 is 14.6 Å². The molecule has 0 aliphatic heterocycles. The van der Waals surface area contributed by atoms with Crippen LogP contribution in [0.25, 0.3) is 0 Å². The molecule has 0 spiro atoms. The van der Waals surface area contributed by atoms with E-state index in [0.29, 0.717) is 5.75 Å². The molecule has 0 saturated carbocycles. The summed E-state index contributed by atoms with van der Waals surface area (Å²) < 4.78 is 10.3. The van der Waals surface area contributed by atoms with Crippen molar-refractivity contribution in [3.63, 3.8) is 0 Å². The van der Waals surface area contributed by atoms with Crippen LogP contribution in [0.1, 0.15) is 6.42 Å². The van der Waals surface area contributed by atoms with E-state index in [1.807, 2.05) is 0 Å². The van der Waals surface area contributed by atoms with Crippen molar-refractivity contribution in [2.45, 2.75) is 6.42 Å². The highest BCUT2D eigenvalue weighted by atomic mass is 16.6. The largest absolute Gasteiger partial charge is 0.508 e. The molecule has 0 aliphatic rings. The maximum atomic E-state index is 11.6. The van der Waals surface area contributed by atoms with Crippen molar-refractivity contribution in [3.8, 4) is 17.2 Å². The standard InChI is InChI=1S/C15H13NO6/c17-12-3-7-13(8-4-12)21-10-9-15(18)22-14-5-1-11(2-6-14)16(19)20/h1-8,17H,9-10H2. The first-order valence-electron chi connectivity index (χ1n) is 6.41. The molecule has 7 nitrogen and oxygen atoms in total. The molecule has 2 aromatic carbocycles. The highest BCUT2D eigenvalue weighted by Crippen LogP contribution is 2.18. The molecule has 0 radical (unpaired) electrons. The quantitative estimate of drug-likeness (QED) is 0.381. The first kappa shape index (κ1) is 15.3. The summed E-state index contributed by atoms with van der Waals surface area (Å²) in [6.45, 7) is 0.122. The van der Waals surface area contributed by atoms with E-state index in [0.717, 1.165) is 0 Å². The molecule has 2 aromatic rings. The summed E-state index contributed by atoms with van der Waals surface area (Å²) in [5.74, 6) is 0.388. The van der Waals surface area contributed by atoms with Crippen LogP contribution < -0.4 is 9.47 Å². The normalized spacial score (nSPS) is 10.0. The van der Waals surface area contributed by atoms with Crippen LogP contribution >= 0.6 is 0 Å². The summed E-state index contributed by atoms with van der Waals surface area (Å²) in [7, 11) is 0. The van der Waals surface area contributed by atoms with Crippen LogP contribution in [0.5, 0.6) is 17.2 Å². The van der Waals surface area contributed by atoms with Gasteiger partial charge in [-0.3, -0.25) is 14.9 Å². The molecule has 0 saturated heterocycles. The number of rotatable bonds is 6. The molecule has 1 N–H and O–H groups in total. The Morgan fingerprint density at radius 3 is 2.23 bits per heavy atom. The maximum absolute atomic E-state index is 11.6. The van der Waals surface area contributed by atoms with Gasteiger partial charge in [0.05, 0.1) is 18.0 Å². The molecule has 114 valence electrons. The molecule has 22 heavy (non-hydrogen) atoms. The number of nitro benzene ring substituents is 1. The second kappa shape index (κ2) is 7.07. The van der Waals surface area contributed by atoms with Crippen LogP contribution in [0.2, 0.25) is 0 Å². The summed E-state index contributed by atoms with van der Waals surface area (Å²) in [4.78, 5) is 21.6. The number of hydrogen-bond donors (Lipinski definition) is 1. The van der Waals surface area contributed by atoms with Crippen LogP contribution in [0.3, 0.4) is 0 Å². The number of phenolic OH excluding ortho intramolecular Hbond substituents is 1. The molecular weight excluding hydrogens is 290 g/mol. The smallest absolute Gasteiger partial charge is 0.314 e. The fraction of sp³-hybridized carbons (Fsp3) is 0.133. The molecule has 0 aliphatic carbocycles. The van der Waals surface area contributed by atoms with Gasteiger partial charge >= 0.3 is 5.97 Å². The molecule has 0 heterocycles. The Morgan fingerprint density at radius 1 is 1.05 bits per heavy atom. The summed E-state index contributed by atoms with van der Waals surface area (Å²) in [6, 6.07) is 11.3. The van der Waals surface area contributed by atoms with E-state index in [-0.39, 0.29) is 30.2 Å². The van der Waals surface area contributed by atoms with Crippen LogP contribution in [-0.4, -0.2) is 22.6 Å². The molecular formula is C15H13NO6. The monoisotopic (exact) mass is 303 g/mol. The zero-order valence-corrected chi connectivity index (χ0v) is 11.5. The van der Waals surface area contributed by atoms with E-state index in [2.05, 4.69) is 0 Å². The Kier molecular flexibility index (Phi) is 4.92. The van der Waals surface area contributed by atoms with Gasteiger partial charge in [0.25, 0.3) is 5.69 Å². The average Bonchev–Trinajstić information content (AvgIpc) is 2.50. The van der Waals surface area contributed by atoms with E-state index >= 15 is 0 Å². The van der Waals surface area contributed by atoms with Crippen molar-refractivity contribution in [3.05, 3.63) is 58.6 Å². The van der Waals surface area contributed by atoms with E-state index in [9.17, 15) is 14.9 Å². The van der Waals surface area contributed by atoms with Crippen molar-refractivity contribution in [1.82, 2.24) is 0 Å². The minimum absolute atomic E-state index is 0.0257. The van der Waals surface area contributed by atoms with Crippen molar-refractivity contribution in [2.24, 2.45) is 0 Å². The maximum Gasteiger partial charge on any atom is 0.314 e. The number of esters is 1. The lowest BCUT2D eigenvalue weighted by Gasteiger charge is -2.06. The van der Waals surface area contributed by atoms with E-state index < -0.39 is 10.9 Å². The van der Waals surface area contributed by atoms with Gasteiger partial charge in [-0.05, 0) is 36.4 Å². The summed E-state index contributed by atoms with van der Waals surface area (Å²) in [5.41, 5.74) is -0.0736. The Labute approximate surface area is 125 Å². The molecule has 0 atom stereocenters. The lowest BCUT2D eigenvalue weighted by atomic mass is 10.3. The van der Waals surface area contributed by atoms with Gasteiger partial charge in [-0.25, -0.2) is 0 Å². The van der Waals surface area contributed by atoms with Crippen molar-refractivity contribution in [2.75, 3.05) is 6.61 Å². The number of non-ortho nitro benzene ring substituents is 1. The number of benzene rings is 2. The van der Waals surface area contributed by atoms with E-state index in [1.54, 1.807) is 12.1 Å². The molecule has 0 fully saturated rings. The zero-order chi connectivity index (χ0) is 15.9. The number of carbonyl (C=O) groups is 1. The lowest BCUT2D eigenvalue weighted by molar-refractivity contribution is -0.384. The van der Waals surface area contributed by atoms with Crippen LogP contribution in [0.15, 0.2) is 48.5 Å². The Balaban J connectivity index is 1.77. The van der Waals surface area contributed by atoms with Gasteiger partial charge in [-0.1, -0.05) is 0 Å². The first-order chi connectivity index (χ1) is 10.5. The van der Waals surface area contributed by atoms with E-state index in [1.165, 1.54) is 36.4 Å². The number of ether oxygens (including phenoxy) is 2. The minimum Gasteiger partial charge on any atom is -0.508 e. The number of phenols is 1. The van der Waals surface area contributed by atoms with Gasteiger partial charge in [0.15, 0.2) is 0 Å². The molecule has 0 bridgehead atoms. The second-order valence-electron chi connectivity index (χ2n) is 4.32. The molecule has 2 rings (SSSR count). The number of hydrogen-bond acceptors (Lipinski definition) is 6. The third-order valence-corrected chi connectivity index (χ3v) is 2.69. The van der Waals surface area contributed by atoms with Crippen LogP contribution in [-0.2, 0) is 4.79 Å². The molecule has 0 unspecified atom stereocenters. The van der Waals surface area contributed by atoms with Crippen molar-refractivity contribution >= 4 is 11.7 Å².